The van der Waals surface area contributed by atoms with Gasteiger partial charge in [0.2, 0.25) is 0 Å². The third-order valence-corrected chi connectivity index (χ3v) is 3.00. The molecule has 9 heteroatoms. The lowest BCUT2D eigenvalue weighted by Gasteiger charge is -1.99. The van der Waals surface area contributed by atoms with E-state index in [2.05, 4.69) is 25.6 Å². The minimum atomic E-state index is 0.382. The molecule has 2 rings (SSSR count). The quantitative estimate of drug-likeness (QED) is 0.690. The molecule has 0 atom stereocenters. The van der Waals surface area contributed by atoms with Gasteiger partial charge in [0.1, 0.15) is 5.82 Å². The summed E-state index contributed by atoms with van der Waals surface area (Å²) in [6.45, 7) is 0.382. The largest absolute Gasteiger partial charge is 0.324 e. The van der Waals surface area contributed by atoms with E-state index in [0.29, 0.717) is 18.1 Å². The molecule has 0 aliphatic rings. The van der Waals surface area contributed by atoms with Crippen LogP contribution in [0.25, 0.3) is 0 Å². The number of aryl methyl sites for hydroxylation is 1. The summed E-state index contributed by atoms with van der Waals surface area (Å²) < 4.78 is 1.86. The molecule has 0 saturated carbocycles. The number of hydrogen-bond donors (Lipinski definition) is 1. The molecule has 0 bridgehead atoms. The standard InChI is InChI=1S/C7H12N8S/c1-14-6(3-8)10-11-7(14)16-4-5-9-13-15(2)12-5/h3-4,8H2,1-2H3. The molecule has 0 saturated heterocycles. The molecule has 8 nitrogen and oxygen atoms in total. The highest BCUT2D eigenvalue weighted by Crippen LogP contribution is 2.18. The van der Waals surface area contributed by atoms with Gasteiger partial charge in [-0.25, -0.2) is 0 Å². The van der Waals surface area contributed by atoms with Gasteiger partial charge in [-0.1, -0.05) is 11.8 Å². The van der Waals surface area contributed by atoms with Crippen LogP contribution < -0.4 is 5.73 Å². The summed E-state index contributed by atoms with van der Waals surface area (Å²) in [4.78, 5) is 1.43. The van der Waals surface area contributed by atoms with Gasteiger partial charge in [-0.05, 0) is 5.21 Å². The Morgan fingerprint density at radius 1 is 1.25 bits per heavy atom. The lowest BCUT2D eigenvalue weighted by atomic mass is 10.6. The van der Waals surface area contributed by atoms with Crippen molar-refractivity contribution < 1.29 is 0 Å². The van der Waals surface area contributed by atoms with Gasteiger partial charge < -0.3 is 10.3 Å². The van der Waals surface area contributed by atoms with Crippen molar-refractivity contribution >= 4 is 11.8 Å². The maximum atomic E-state index is 5.50. The van der Waals surface area contributed by atoms with E-state index >= 15 is 0 Å². The van der Waals surface area contributed by atoms with Crippen molar-refractivity contribution in [2.75, 3.05) is 0 Å². The number of nitrogens with two attached hydrogens (primary N) is 1. The normalized spacial score (nSPS) is 10.9. The maximum absolute atomic E-state index is 5.50. The molecule has 0 unspecified atom stereocenters. The van der Waals surface area contributed by atoms with Gasteiger partial charge in [0.05, 0.1) is 19.3 Å². The van der Waals surface area contributed by atoms with Gasteiger partial charge in [-0.3, -0.25) is 0 Å². The highest BCUT2D eigenvalue weighted by Gasteiger charge is 2.09. The second kappa shape index (κ2) is 4.58. The van der Waals surface area contributed by atoms with Gasteiger partial charge in [0, 0.05) is 7.05 Å². The zero-order valence-electron chi connectivity index (χ0n) is 9.03. The van der Waals surface area contributed by atoms with Crippen molar-refractivity contribution in [2.45, 2.75) is 17.5 Å². The molecular weight excluding hydrogens is 228 g/mol. The van der Waals surface area contributed by atoms with Crippen molar-refractivity contribution in [1.82, 2.24) is 35.0 Å². The van der Waals surface area contributed by atoms with Crippen LogP contribution in [-0.4, -0.2) is 35.0 Å². The summed E-state index contributed by atoms with van der Waals surface area (Å²) in [5.41, 5.74) is 5.50. The molecule has 2 N–H and O–H groups in total. The first-order chi connectivity index (χ1) is 7.70. The van der Waals surface area contributed by atoms with Gasteiger partial charge in [0.25, 0.3) is 0 Å². The average Bonchev–Trinajstić information content (AvgIpc) is 2.83. The summed E-state index contributed by atoms with van der Waals surface area (Å²) in [5.74, 6) is 2.05. The van der Waals surface area contributed by atoms with E-state index in [1.165, 1.54) is 16.6 Å². The topological polar surface area (TPSA) is 100 Å². The molecule has 16 heavy (non-hydrogen) atoms. The van der Waals surface area contributed by atoms with E-state index in [-0.39, 0.29) is 0 Å². The molecule has 2 heterocycles. The van der Waals surface area contributed by atoms with Crippen LogP contribution in [0, 0.1) is 0 Å². The molecule has 0 radical (unpaired) electrons. The molecule has 0 aromatic carbocycles. The highest BCUT2D eigenvalue weighted by atomic mass is 32.2. The van der Waals surface area contributed by atoms with Crippen LogP contribution in [-0.2, 0) is 26.4 Å². The Balaban J connectivity index is 2.02. The predicted octanol–water partition coefficient (Wildman–Crippen LogP) is -0.910. The van der Waals surface area contributed by atoms with Gasteiger partial charge >= 0.3 is 0 Å². The van der Waals surface area contributed by atoms with Crippen molar-refractivity contribution in [3.05, 3.63) is 11.6 Å². The van der Waals surface area contributed by atoms with Gasteiger partial charge in [0.15, 0.2) is 11.0 Å². The Hall–Kier alpha value is -1.48. The van der Waals surface area contributed by atoms with Crippen LogP contribution in [0.15, 0.2) is 5.16 Å². The van der Waals surface area contributed by atoms with Gasteiger partial charge in [-0.15, -0.1) is 20.4 Å². The fourth-order valence-corrected chi connectivity index (χ4v) is 1.93. The van der Waals surface area contributed by atoms with Crippen molar-refractivity contribution in [1.29, 1.82) is 0 Å². The number of rotatable bonds is 4. The Morgan fingerprint density at radius 3 is 2.62 bits per heavy atom. The molecule has 86 valence electrons. The lowest BCUT2D eigenvalue weighted by Crippen LogP contribution is -2.05. The number of tetrazole rings is 1. The number of thioether (sulfide) groups is 1. The second-order valence-electron chi connectivity index (χ2n) is 3.15. The monoisotopic (exact) mass is 240 g/mol. The van der Waals surface area contributed by atoms with E-state index in [0.717, 1.165) is 11.0 Å². The summed E-state index contributed by atoms with van der Waals surface area (Å²) in [7, 11) is 3.62. The van der Waals surface area contributed by atoms with Crippen molar-refractivity contribution in [3.63, 3.8) is 0 Å². The van der Waals surface area contributed by atoms with Crippen LogP contribution in [0.3, 0.4) is 0 Å². The zero-order valence-corrected chi connectivity index (χ0v) is 9.85. The Morgan fingerprint density at radius 2 is 2.06 bits per heavy atom. The number of aromatic nitrogens is 7. The maximum Gasteiger partial charge on any atom is 0.191 e. The van der Waals surface area contributed by atoms with E-state index < -0.39 is 0 Å². The highest BCUT2D eigenvalue weighted by molar-refractivity contribution is 7.98. The van der Waals surface area contributed by atoms with E-state index in [1.54, 1.807) is 7.05 Å². The SMILES string of the molecule is Cn1nnc(CSc2nnc(CN)n2C)n1. The minimum absolute atomic E-state index is 0.382. The molecule has 0 spiro atoms. The fraction of sp³-hybridized carbons (Fsp3) is 0.571. The van der Waals surface area contributed by atoms with Crippen LogP contribution >= 0.6 is 11.8 Å². The Labute approximate surface area is 96.2 Å². The van der Waals surface area contributed by atoms with Crippen LogP contribution in [0.5, 0.6) is 0 Å². The van der Waals surface area contributed by atoms with Crippen molar-refractivity contribution in [3.8, 4) is 0 Å². The summed E-state index contributed by atoms with van der Waals surface area (Å²) in [6, 6.07) is 0. The molecule has 2 aromatic heterocycles. The molecule has 0 aliphatic heterocycles. The summed E-state index contributed by atoms with van der Waals surface area (Å²) >= 11 is 1.51. The number of hydrogen-bond acceptors (Lipinski definition) is 7. The fourth-order valence-electron chi connectivity index (χ4n) is 1.16. The summed E-state index contributed by atoms with van der Waals surface area (Å²) in [6.07, 6.45) is 0. The van der Waals surface area contributed by atoms with E-state index in [4.69, 9.17) is 5.73 Å². The van der Waals surface area contributed by atoms with Gasteiger partial charge in [-0.2, -0.15) is 4.80 Å². The number of nitrogens with zero attached hydrogens (tertiary/aromatic N) is 7. The van der Waals surface area contributed by atoms with Crippen LogP contribution in [0.4, 0.5) is 0 Å². The Bertz CT molecular complexity index is 474. The van der Waals surface area contributed by atoms with Crippen molar-refractivity contribution in [2.24, 2.45) is 19.8 Å². The first-order valence-corrected chi connectivity index (χ1v) is 5.63. The second-order valence-corrected chi connectivity index (χ2v) is 4.09. The third kappa shape index (κ3) is 2.19. The van der Waals surface area contributed by atoms with Crippen LogP contribution in [0.1, 0.15) is 11.6 Å². The third-order valence-electron chi connectivity index (χ3n) is 1.99. The molecule has 0 fully saturated rings. The van der Waals surface area contributed by atoms with E-state index in [9.17, 15) is 0 Å². The molecular formula is C7H12N8S. The first-order valence-electron chi connectivity index (χ1n) is 4.64. The predicted molar refractivity (Wildman–Crippen MR) is 57.3 cm³/mol. The summed E-state index contributed by atoms with van der Waals surface area (Å²) in [5, 5.41) is 20.5. The lowest BCUT2D eigenvalue weighted by molar-refractivity contribution is 0.628. The van der Waals surface area contributed by atoms with Crippen LogP contribution in [0.2, 0.25) is 0 Å². The Kier molecular flexibility index (Phi) is 3.15. The van der Waals surface area contributed by atoms with E-state index in [1.807, 2.05) is 11.6 Å². The molecule has 0 aliphatic carbocycles. The minimum Gasteiger partial charge on any atom is -0.324 e. The smallest absolute Gasteiger partial charge is 0.191 e. The molecule has 0 amide bonds. The average molecular weight is 240 g/mol. The zero-order chi connectivity index (χ0) is 11.5. The molecule has 2 aromatic rings. The first kappa shape index (κ1) is 11.0.